The third-order valence-corrected chi connectivity index (χ3v) is 4.17. The van der Waals surface area contributed by atoms with E-state index in [4.69, 9.17) is 17.7 Å². The fourth-order valence-electron chi connectivity index (χ4n) is 3.24. The summed E-state index contributed by atoms with van der Waals surface area (Å²) in [5.74, 6) is 0. The van der Waals surface area contributed by atoms with E-state index in [2.05, 4.69) is 0 Å². The highest BCUT2D eigenvalue weighted by Crippen LogP contribution is 2.10. The molecule has 4 aromatic rings. The fraction of sp³-hybridized carbons (Fsp3) is 0. The van der Waals surface area contributed by atoms with Gasteiger partial charge in [-0.05, 0) is 0 Å². The standard InChI is InChI=1S/C16H12BO4/c1-5-18-9-13(1)17(14-2-6-19-10-14,15-3-7-20-11-15)16-4-8-21-12-16/h1-12H/q-1. The van der Waals surface area contributed by atoms with E-state index in [1.807, 2.05) is 24.3 Å². The first-order valence-electron chi connectivity index (χ1n) is 6.68. The zero-order chi connectivity index (χ0) is 14.1. The van der Waals surface area contributed by atoms with Gasteiger partial charge in [0.1, 0.15) is 6.15 Å². The summed E-state index contributed by atoms with van der Waals surface area (Å²) >= 11 is 0. The predicted molar refractivity (Wildman–Crippen MR) is 79.1 cm³/mol. The molecule has 0 fully saturated rings. The molecule has 21 heavy (non-hydrogen) atoms. The molecule has 104 valence electrons. The Kier molecular flexibility index (Phi) is 2.64. The van der Waals surface area contributed by atoms with Crippen LogP contribution in [0.2, 0.25) is 0 Å². The van der Waals surface area contributed by atoms with Gasteiger partial charge in [0.2, 0.25) is 0 Å². The summed E-state index contributed by atoms with van der Waals surface area (Å²) in [4.78, 5) is 0. The van der Waals surface area contributed by atoms with Crippen molar-refractivity contribution in [3.05, 3.63) is 74.4 Å². The van der Waals surface area contributed by atoms with Crippen LogP contribution in [-0.2, 0) is 0 Å². The van der Waals surface area contributed by atoms with Gasteiger partial charge in [-0.15, -0.1) is 0 Å². The number of hydrogen-bond acceptors (Lipinski definition) is 4. The molecule has 0 unspecified atom stereocenters. The molecule has 5 heteroatoms. The molecule has 4 aromatic heterocycles. The molecule has 0 atom stereocenters. The number of hydrogen-bond donors (Lipinski definition) is 0. The zero-order valence-corrected chi connectivity index (χ0v) is 11.1. The van der Waals surface area contributed by atoms with Crippen LogP contribution in [0.4, 0.5) is 0 Å². The summed E-state index contributed by atoms with van der Waals surface area (Å²) in [5, 5.41) is 0. The molecule has 0 N–H and O–H groups in total. The second-order valence-corrected chi connectivity index (χ2v) is 5.09. The summed E-state index contributed by atoms with van der Waals surface area (Å²) in [6, 6.07) is 7.86. The Labute approximate surface area is 120 Å². The van der Waals surface area contributed by atoms with Crippen molar-refractivity contribution in [1.29, 1.82) is 0 Å². The molecule has 0 saturated heterocycles. The van der Waals surface area contributed by atoms with Crippen molar-refractivity contribution >= 4 is 28.0 Å². The van der Waals surface area contributed by atoms with Crippen LogP contribution < -0.4 is 21.9 Å². The van der Waals surface area contributed by atoms with E-state index in [-0.39, 0.29) is 0 Å². The highest BCUT2D eigenvalue weighted by atomic mass is 16.3. The Hall–Kier alpha value is -2.82. The minimum absolute atomic E-state index is 1.04. The maximum absolute atomic E-state index is 5.34. The zero-order valence-electron chi connectivity index (χ0n) is 11.1. The van der Waals surface area contributed by atoms with Gasteiger partial charge in [0.05, 0.1) is 50.1 Å². The van der Waals surface area contributed by atoms with Crippen molar-refractivity contribution in [3.8, 4) is 0 Å². The van der Waals surface area contributed by atoms with Crippen LogP contribution in [0.3, 0.4) is 0 Å². The summed E-state index contributed by atoms with van der Waals surface area (Å²) in [5.41, 5.74) is 4.16. The van der Waals surface area contributed by atoms with Crippen LogP contribution in [0.25, 0.3) is 0 Å². The van der Waals surface area contributed by atoms with Crippen LogP contribution in [0, 0.1) is 0 Å². The molecule has 4 heterocycles. The van der Waals surface area contributed by atoms with Gasteiger partial charge in [-0.1, -0.05) is 24.3 Å². The van der Waals surface area contributed by atoms with Crippen LogP contribution in [0.1, 0.15) is 0 Å². The van der Waals surface area contributed by atoms with Crippen LogP contribution >= 0.6 is 0 Å². The molecule has 0 spiro atoms. The lowest BCUT2D eigenvalue weighted by Gasteiger charge is -2.38. The molecule has 4 nitrogen and oxygen atoms in total. The topological polar surface area (TPSA) is 52.6 Å². The molecular formula is C16H12BO4-. The van der Waals surface area contributed by atoms with E-state index < -0.39 is 6.15 Å². The summed E-state index contributed by atoms with van der Waals surface area (Å²) < 4.78 is 21.4. The van der Waals surface area contributed by atoms with Gasteiger partial charge < -0.3 is 17.7 Å². The normalized spacial score (nSPS) is 11.8. The smallest absolute Gasteiger partial charge is 0.123 e. The quantitative estimate of drug-likeness (QED) is 0.530. The molecule has 0 aliphatic carbocycles. The molecule has 0 amide bonds. The molecule has 0 saturated carbocycles. The van der Waals surface area contributed by atoms with Gasteiger partial charge in [0, 0.05) is 0 Å². The van der Waals surface area contributed by atoms with Gasteiger partial charge in [-0.2, -0.15) is 21.9 Å². The monoisotopic (exact) mass is 279 g/mol. The molecular weight excluding hydrogens is 267 g/mol. The maximum atomic E-state index is 5.34. The lowest BCUT2D eigenvalue weighted by molar-refractivity contribution is 0.567. The first-order chi connectivity index (χ1) is 10.4. The average molecular weight is 279 g/mol. The first kappa shape index (κ1) is 12.0. The van der Waals surface area contributed by atoms with Crippen LogP contribution in [0.15, 0.2) is 92.0 Å². The Balaban J connectivity index is 2.10. The van der Waals surface area contributed by atoms with E-state index >= 15 is 0 Å². The van der Waals surface area contributed by atoms with E-state index in [1.54, 1.807) is 50.1 Å². The second-order valence-electron chi connectivity index (χ2n) is 5.09. The van der Waals surface area contributed by atoms with Gasteiger partial charge in [0.25, 0.3) is 0 Å². The third-order valence-electron chi connectivity index (χ3n) is 4.17. The lowest BCUT2D eigenvalue weighted by Crippen LogP contribution is -2.73. The number of rotatable bonds is 4. The van der Waals surface area contributed by atoms with Crippen molar-refractivity contribution in [2.45, 2.75) is 0 Å². The average Bonchev–Trinajstić information content (AvgIpc) is 3.32. The molecule has 0 aromatic carbocycles. The lowest BCUT2D eigenvalue weighted by atomic mass is 9.14. The Morgan fingerprint density at radius 3 is 0.952 bits per heavy atom. The SMILES string of the molecule is c1cc([B-](c2ccoc2)(c2ccoc2)c2ccoc2)co1. The highest BCUT2D eigenvalue weighted by molar-refractivity contribution is 7.19. The third kappa shape index (κ3) is 1.64. The second kappa shape index (κ2) is 4.63. The van der Waals surface area contributed by atoms with Gasteiger partial charge in [-0.3, -0.25) is 0 Å². The Morgan fingerprint density at radius 2 is 0.762 bits per heavy atom. The molecule has 4 rings (SSSR count). The first-order valence-corrected chi connectivity index (χ1v) is 6.68. The van der Waals surface area contributed by atoms with Crippen molar-refractivity contribution in [1.82, 2.24) is 0 Å². The Morgan fingerprint density at radius 1 is 0.476 bits per heavy atom. The van der Waals surface area contributed by atoms with Crippen LogP contribution in [0.5, 0.6) is 0 Å². The summed E-state index contributed by atoms with van der Waals surface area (Å²) in [7, 11) is 0. The molecule has 0 bridgehead atoms. The van der Waals surface area contributed by atoms with E-state index in [9.17, 15) is 0 Å². The minimum atomic E-state index is -1.43. The summed E-state index contributed by atoms with van der Waals surface area (Å²) in [6.45, 7) is 0. The van der Waals surface area contributed by atoms with E-state index in [0.29, 0.717) is 0 Å². The fourth-order valence-corrected chi connectivity index (χ4v) is 3.24. The van der Waals surface area contributed by atoms with Crippen molar-refractivity contribution in [2.75, 3.05) is 0 Å². The molecule has 0 radical (unpaired) electrons. The van der Waals surface area contributed by atoms with E-state index in [1.165, 1.54) is 0 Å². The van der Waals surface area contributed by atoms with Crippen molar-refractivity contribution in [3.63, 3.8) is 0 Å². The van der Waals surface area contributed by atoms with Crippen LogP contribution in [-0.4, -0.2) is 6.15 Å². The minimum Gasteiger partial charge on any atom is -0.476 e. The van der Waals surface area contributed by atoms with E-state index in [0.717, 1.165) is 21.9 Å². The molecule has 0 aliphatic rings. The predicted octanol–water partition coefficient (Wildman–Crippen LogP) is 1.44. The maximum Gasteiger partial charge on any atom is 0.123 e. The summed E-state index contributed by atoms with van der Waals surface area (Å²) in [6.07, 6.45) is 12.3. The van der Waals surface area contributed by atoms with Gasteiger partial charge in [0.15, 0.2) is 0 Å². The highest BCUT2D eigenvalue weighted by Gasteiger charge is 2.35. The largest absolute Gasteiger partial charge is 0.476 e. The van der Waals surface area contributed by atoms with Gasteiger partial charge >= 0.3 is 0 Å². The molecule has 0 aliphatic heterocycles. The van der Waals surface area contributed by atoms with Crippen molar-refractivity contribution < 1.29 is 17.7 Å². The van der Waals surface area contributed by atoms with Crippen molar-refractivity contribution in [2.24, 2.45) is 0 Å². The Bertz CT molecular complexity index is 638. The van der Waals surface area contributed by atoms with Gasteiger partial charge in [-0.25, -0.2) is 0 Å². The number of furan rings is 4.